The molecule has 0 saturated carbocycles. The molecule has 2 aliphatic heterocycles. The van der Waals surface area contributed by atoms with Crippen molar-refractivity contribution in [2.24, 2.45) is 16.7 Å². The molecular formula is C68H67N3OSSi+2. The summed E-state index contributed by atoms with van der Waals surface area (Å²) in [6.45, 7) is 25.1. The van der Waals surface area contributed by atoms with Crippen LogP contribution in [0.4, 0.5) is 0 Å². The molecule has 3 atom stereocenters. The van der Waals surface area contributed by atoms with E-state index in [9.17, 15) is 0 Å². The highest BCUT2D eigenvalue weighted by molar-refractivity contribution is 7.25. The van der Waals surface area contributed by atoms with Gasteiger partial charge < -0.3 is 4.42 Å². The van der Waals surface area contributed by atoms with E-state index in [1.54, 1.807) is 10.8 Å². The molecule has 0 saturated heterocycles. The molecule has 4 nitrogen and oxygen atoms in total. The summed E-state index contributed by atoms with van der Waals surface area (Å²) in [6.07, 6.45) is 11.6. The Labute approximate surface area is 441 Å². The van der Waals surface area contributed by atoms with Gasteiger partial charge in [0.25, 0.3) is 5.82 Å². The summed E-state index contributed by atoms with van der Waals surface area (Å²) in [6, 6.07) is 49.1. The number of rotatable bonds is 7. The Morgan fingerprint density at radius 1 is 0.824 bits per heavy atom. The number of fused-ring (bicyclic) bond motifs is 20. The van der Waals surface area contributed by atoms with E-state index in [2.05, 4.69) is 228 Å². The quantitative estimate of drug-likeness (QED) is 0.115. The number of benzene rings is 6. The van der Waals surface area contributed by atoms with Gasteiger partial charge >= 0.3 is 0 Å². The summed E-state index contributed by atoms with van der Waals surface area (Å²) in [7, 11) is -1.79. The minimum Gasteiger partial charge on any atom is -0.455 e. The topological polar surface area (TPSA) is 25.8 Å². The number of furan rings is 1. The minimum atomic E-state index is -1.79. The number of allylic oxidation sites excluding steroid dienone is 6. The Kier molecular flexibility index (Phi) is 10.1. The lowest BCUT2D eigenvalue weighted by Gasteiger charge is -2.30. The van der Waals surface area contributed by atoms with Gasteiger partial charge in [-0.25, -0.2) is 4.57 Å². The van der Waals surface area contributed by atoms with Gasteiger partial charge in [-0.15, -0.1) is 11.3 Å². The Morgan fingerprint density at radius 3 is 2.39 bits per heavy atom. The lowest BCUT2D eigenvalue weighted by Crippen LogP contribution is -2.53. The van der Waals surface area contributed by atoms with Crippen LogP contribution in [0.3, 0.4) is 0 Å². The van der Waals surface area contributed by atoms with E-state index in [0.717, 1.165) is 43.4 Å². The fraction of sp³-hybridized carbons (Fsp3) is 0.294. The fourth-order valence-electron chi connectivity index (χ4n) is 14.0. The summed E-state index contributed by atoms with van der Waals surface area (Å²) in [5.74, 6) is 2.01. The van der Waals surface area contributed by atoms with Gasteiger partial charge in [-0.05, 0) is 126 Å². The number of para-hydroxylation sites is 3. The maximum Gasteiger partial charge on any atom is 0.295 e. The van der Waals surface area contributed by atoms with Gasteiger partial charge in [-0.1, -0.05) is 151 Å². The molecular weight excluding hydrogens is 935 g/mol. The van der Waals surface area contributed by atoms with Gasteiger partial charge in [-0.3, -0.25) is 0 Å². The molecule has 10 aromatic rings. The van der Waals surface area contributed by atoms with Crippen molar-refractivity contribution in [1.82, 2.24) is 4.57 Å². The van der Waals surface area contributed by atoms with E-state index in [0.29, 0.717) is 5.92 Å². The van der Waals surface area contributed by atoms with Gasteiger partial charge in [0, 0.05) is 47.6 Å². The van der Waals surface area contributed by atoms with Crippen LogP contribution in [0.25, 0.3) is 87.1 Å². The third-order valence-electron chi connectivity index (χ3n) is 17.3. The van der Waals surface area contributed by atoms with Crippen LogP contribution >= 0.6 is 11.3 Å². The second kappa shape index (κ2) is 16.2. The molecule has 6 heterocycles. The second-order valence-electron chi connectivity index (χ2n) is 25.4. The monoisotopic (exact) mass is 1000 g/mol. The van der Waals surface area contributed by atoms with Crippen molar-refractivity contribution in [3.8, 4) is 22.6 Å². The van der Waals surface area contributed by atoms with Crippen molar-refractivity contribution in [3.63, 3.8) is 0 Å². The molecule has 368 valence electrons. The summed E-state index contributed by atoms with van der Waals surface area (Å²) in [4.78, 5) is 0. The van der Waals surface area contributed by atoms with Gasteiger partial charge in [0.15, 0.2) is 23.3 Å². The highest BCUT2D eigenvalue weighted by Gasteiger charge is 2.53. The van der Waals surface area contributed by atoms with Crippen molar-refractivity contribution in [3.05, 3.63) is 185 Å². The van der Waals surface area contributed by atoms with Crippen molar-refractivity contribution >= 4 is 89.0 Å². The minimum absolute atomic E-state index is 0.154. The summed E-state index contributed by atoms with van der Waals surface area (Å²) in [5, 5.41) is 6.72. The molecule has 0 fully saturated rings. The summed E-state index contributed by atoms with van der Waals surface area (Å²) >= 11 is 1.96. The number of nitrogens with zero attached hydrogens (tertiary/aromatic N) is 3. The molecule has 14 rings (SSSR count). The van der Waals surface area contributed by atoms with Gasteiger partial charge in [-0.2, -0.15) is 9.13 Å². The molecule has 2 unspecified atom stereocenters. The highest BCUT2D eigenvalue weighted by atomic mass is 32.1. The lowest BCUT2D eigenvalue weighted by molar-refractivity contribution is -0.715. The Hall–Kier alpha value is -6.60. The number of pyridine rings is 1. The Bertz CT molecular complexity index is 4140. The van der Waals surface area contributed by atoms with Crippen molar-refractivity contribution in [2.45, 2.75) is 112 Å². The zero-order chi connectivity index (χ0) is 50.7. The lowest BCUT2D eigenvalue weighted by atomic mass is 9.78. The number of aromatic nitrogens is 3. The third-order valence-corrected chi connectivity index (χ3v) is 20.5. The SMILES string of the molecule is CC1=CC(c2ccccc2)=C[C@@]1(C)Cn1c2[n+](c3ccccc31)C1=C(Cc3cc4sc5ccc(CC(C)(C)C)cc5c4cc3-2)C2c3ccc4c(oc5ccccc54)c3-c3cc(CC(C)C)c([Si](C)(C)C)c[n+]3C2C1. The van der Waals surface area contributed by atoms with E-state index in [1.807, 2.05) is 11.3 Å². The Morgan fingerprint density at radius 2 is 1.59 bits per heavy atom. The maximum absolute atomic E-state index is 7.10. The van der Waals surface area contributed by atoms with Crippen LogP contribution in [-0.4, -0.2) is 12.6 Å². The zero-order valence-corrected chi connectivity index (χ0v) is 46.6. The highest BCUT2D eigenvalue weighted by Crippen LogP contribution is 2.56. The standard InChI is InChI=1S/C68H67N3OSSi/c1-40(2)28-45-32-57-64-49(26-25-48-47-20-14-17-23-59(47)72-65(48)64)63-53-31-44-33-61-52(51-30-42(36-67(4,5)6)24-27-60(51)73-61)34-50(44)66-70(39-68(7)37-46(29-41(68)3)43-18-12-11-13-19-43)54-21-15-16-22-55(54)71(66)56(53)35-58(63)69(57)38-62(45)74(8,9)10/h11-27,29-30,32-34,37-38,40,58,63H,28,31,35-36,39H2,1-10H3/q+2/t58?,63?,68-/m0/s1. The van der Waals surface area contributed by atoms with Crippen LogP contribution in [0.15, 0.2) is 161 Å². The summed E-state index contributed by atoms with van der Waals surface area (Å²) < 4.78 is 18.1. The van der Waals surface area contributed by atoms with Crippen molar-refractivity contribution in [2.75, 3.05) is 0 Å². The van der Waals surface area contributed by atoms with Gasteiger partial charge in [0.2, 0.25) is 5.69 Å². The smallest absolute Gasteiger partial charge is 0.295 e. The van der Waals surface area contributed by atoms with E-state index < -0.39 is 8.07 Å². The van der Waals surface area contributed by atoms with Gasteiger partial charge in [0.1, 0.15) is 23.4 Å². The molecule has 2 aliphatic carbocycles. The predicted molar refractivity (Wildman–Crippen MR) is 314 cm³/mol. The van der Waals surface area contributed by atoms with E-state index in [1.165, 1.54) is 109 Å². The first-order valence-corrected chi connectivity index (χ1v) is 31.6. The van der Waals surface area contributed by atoms with E-state index in [4.69, 9.17) is 4.42 Å². The molecule has 4 aliphatic rings. The molecule has 0 bridgehead atoms. The molecule has 74 heavy (non-hydrogen) atoms. The first kappa shape index (κ1) is 46.0. The first-order chi connectivity index (χ1) is 35.5. The number of thiophene rings is 1. The molecule has 0 radical (unpaired) electrons. The van der Waals surface area contributed by atoms with Crippen LogP contribution in [0, 0.1) is 16.7 Å². The van der Waals surface area contributed by atoms with Crippen LogP contribution in [0.1, 0.15) is 94.7 Å². The molecule has 4 aromatic heterocycles. The molecule has 0 N–H and O–H groups in total. The van der Waals surface area contributed by atoms with Crippen LogP contribution in [-0.2, 0) is 25.8 Å². The van der Waals surface area contributed by atoms with E-state index in [-0.39, 0.29) is 22.8 Å². The molecule has 0 spiro atoms. The fourth-order valence-corrected chi connectivity index (χ4v) is 16.8. The number of hydrogen-bond donors (Lipinski definition) is 0. The molecule has 6 aromatic carbocycles. The second-order valence-corrected chi connectivity index (χ2v) is 31.5. The average Bonchev–Trinajstić information content (AvgIpc) is 4.16. The van der Waals surface area contributed by atoms with Crippen molar-refractivity contribution < 1.29 is 13.6 Å². The van der Waals surface area contributed by atoms with Crippen LogP contribution < -0.4 is 14.3 Å². The van der Waals surface area contributed by atoms with E-state index >= 15 is 0 Å². The maximum atomic E-state index is 7.10. The van der Waals surface area contributed by atoms with Crippen LogP contribution in [0.2, 0.25) is 19.6 Å². The molecule has 6 heteroatoms. The average molecular weight is 1000 g/mol. The van der Waals surface area contributed by atoms with Crippen LogP contribution in [0.5, 0.6) is 0 Å². The normalized spacial score (nSPS) is 19.3. The number of imidazole rings is 1. The van der Waals surface area contributed by atoms with Crippen molar-refractivity contribution in [1.29, 1.82) is 0 Å². The van der Waals surface area contributed by atoms with Gasteiger partial charge in [0.05, 0.1) is 31.5 Å². The largest absolute Gasteiger partial charge is 0.455 e. The summed E-state index contributed by atoms with van der Waals surface area (Å²) in [5.41, 5.74) is 21.2. The number of hydrogen-bond acceptors (Lipinski definition) is 2. The molecule has 0 amide bonds. The zero-order valence-electron chi connectivity index (χ0n) is 44.8. The predicted octanol–water partition coefficient (Wildman–Crippen LogP) is 16.7. The first-order valence-electron chi connectivity index (χ1n) is 27.2. The Balaban J connectivity index is 1.05. The third kappa shape index (κ3) is 7.03.